The maximum absolute atomic E-state index is 12.3. The molecule has 0 aromatic heterocycles. The number of allylic oxidation sites excluding steroid dienone is 4. The highest BCUT2D eigenvalue weighted by Gasteiger charge is 2.16. The van der Waals surface area contributed by atoms with Gasteiger partial charge in [-0.2, -0.15) is 0 Å². The fourth-order valence-corrected chi connectivity index (χ4v) is 8.88. The first-order valence-electron chi connectivity index (χ1n) is 28.9. The number of carbonyl (C=O) groups is 2. The minimum atomic E-state index is -0.773. The summed E-state index contributed by atoms with van der Waals surface area (Å²) in [5, 5.41) is 9.63. The van der Waals surface area contributed by atoms with Crippen molar-refractivity contribution in [3.63, 3.8) is 0 Å². The molecule has 0 aliphatic heterocycles. The summed E-state index contributed by atoms with van der Waals surface area (Å²) in [6, 6.07) is 0. The topological polar surface area (TPSA) is 72.8 Å². The number of esters is 2. The van der Waals surface area contributed by atoms with Gasteiger partial charge in [-0.1, -0.05) is 289 Å². The standard InChI is InChI=1S/C59H112O5/c1-3-5-7-9-11-13-15-17-19-21-22-23-24-25-26-27-28-29-30-31-32-33-34-35-36-38-39-41-43-45-47-49-51-53-58(61)63-56-57(55-60)64-59(62)54-52-50-48-46-44-42-40-37-20-18-16-14-12-10-8-6-4-2/h12,14,18,20,57,60H,3-11,13,15-17,19,21-56H2,1-2H3/b14-12-,20-18-. The van der Waals surface area contributed by atoms with Gasteiger partial charge >= 0.3 is 11.9 Å². The Morgan fingerprint density at radius 2 is 0.625 bits per heavy atom. The van der Waals surface area contributed by atoms with Crippen molar-refractivity contribution in [2.24, 2.45) is 0 Å². The van der Waals surface area contributed by atoms with Crippen LogP contribution in [0.25, 0.3) is 0 Å². The molecule has 378 valence electrons. The van der Waals surface area contributed by atoms with Gasteiger partial charge in [0.2, 0.25) is 0 Å². The van der Waals surface area contributed by atoms with Gasteiger partial charge in [-0.25, -0.2) is 0 Å². The third-order valence-corrected chi connectivity index (χ3v) is 13.2. The van der Waals surface area contributed by atoms with E-state index in [-0.39, 0.29) is 25.2 Å². The Kier molecular flexibility index (Phi) is 54.3. The van der Waals surface area contributed by atoms with E-state index in [2.05, 4.69) is 38.2 Å². The minimum absolute atomic E-state index is 0.0638. The third-order valence-electron chi connectivity index (χ3n) is 13.2. The highest BCUT2D eigenvalue weighted by molar-refractivity contribution is 5.70. The first-order valence-corrected chi connectivity index (χ1v) is 28.9. The summed E-state index contributed by atoms with van der Waals surface area (Å²) in [6.45, 7) is 4.15. The van der Waals surface area contributed by atoms with Crippen LogP contribution in [0.4, 0.5) is 0 Å². The third kappa shape index (κ3) is 53.0. The van der Waals surface area contributed by atoms with E-state index in [9.17, 15) is 14.7 Å². The summed E-state index contributed by atoms with van der Waals surface area (Å²) >= 11 is 0. The maximum Gasteiger partial charge on any atom is 0.306 e. The molecule has 1 N–H and O–H groups in total. The lowest BCUT2D eigenvalue weighted by atomic mass is 10.0. The summed E-state index contributed by atoms with van der Waals surface area (Å²) in [6.07, 6.45) is 70.3. The van der Waals surface area contributed by atoms with Crippen LogP contribution in [0.1, 0.15) is 322 Å². The highest BCUT2D eigenvalue weighted by Crippen LogP contribution is 2.18. The zero-order chi connectivity index (χ0) is 46.3. The molecule has 0 aliphatic rings. The summed E-state index contributed by atoms with van der Waals surface area (Å²) in [5.74, 6) is -0.583. The van der Waals surface area contributed by atoms with Crippen LogP contribution in [0.15, 0.2) is 24.3 Å². The average Bonchev–Trinajstić information content (AvgIpc) is 3.30. The normalized spacial score (nSPS) is 12.2. The molecule has 0 aromatic carbocycles. The second kappa shape index (κ2) is 55.7. The summed E-state index contributed by atoms with van der Waals surface area (Å²) in [7, 11) is 0. The molecule has 1 unspecified atom stereocenters. The predicted octanol–water partition coefficient (Wildman–Crippen LogP) is 19.3. The van der Waals surface area contributed by atoms with E-state index in [4.69, 9.17) is 9.47 Å². The lowest BCUT2D eigenvalue weighted by Gasteiger charge is -2.15. The number of unbranched alkanes of at least 4 members (excludes halogenated alkanes) is 42. The number of ether oxygens (including phenoxy) is 2. The maximum atomic E-state index is 12.3. The number of aliphatic hydroxyl groups excluding tert-OH is 1. The van der Waals surface area contributed by atoms with Crippen molar-refractivity contribution in [1.82, 2.24) is 0 Å². The average molecular weight is 902 g/mol. The predicted molar refractivity (Wildman–Crippen MR) is 279 cm³/mol. The SMILES string of the molecule is CCCCC/C=C\C/C=C\CCCCCCCCCC(=O)OC(CO)COC(=O)CCCCCCCCCCCCCCCCCCCCCCCCCCCCCCCCCCC. The molecule has 64 heavy (non-hydrogen) atoms. The summed E-state index contributed by atoms with van der Waals surface area (Å²) in [5.41, 5.74) is 0. The Morgan fingerprint density at radius 3 is 0.953 bits per heavy atom. The van der Waals surface area contributed by atoms with Crippen molar-refractivity contribution in [2.45, 2.75) is 328 Å². The van der Waals surface area contributed by atoms with Gasteiger partial charge in [0.1, 0.15) is 6.61 Å². The number of carbonyl (C=O) groups excluding carboxylic acids is 2. The van der Waals surface area contributed by atoms with Crippen LogP contribution < -0.4 is 0 Å². The fraction of sp³-hybridized carbons (Fsp3) is 0.898. The zero-order valence-corrected chi connectivity index (χ0v) is 43.3. The van der Waals surface area contributed by atoms with Crippen LogP contribution in [-0.2, 0) is 19.1 Å². The molecule has 0 aromatic rings. The molecule has 0 bridgehead atoms. The molecule has 0 amide bonds. The van der Waals surface area contributed by atoms with Crippen LogP contribution in [0.2, 0.25) is 0 Å². The number of hydrogen-bond donors (Lipinski definition) is 1. The van der Waals surface area contributed by atoms with Gasteiger partial charge in [-0.3, -0.25) is 9.59 Å². The molecule has 0 radical (unpaired) electrons. The number of rotatable bonds is 54. The Morgan fingerprint density at radius 1 is 0.359 bits per heavy atom. The zero-order valence-electron chi connectivity index (χ0n) is 43.3. The van der Waals surface area contributed by atoms with Crippen LogP contribution in [0.3, 0.4) is 0 Å². The van der Waals surface area contributed by atoms with Gasteiger partial charge in [-0.15, -0.1) is 0 Å². The van der Waals surface area contributed by atoms with Gasteiger partial charge in [0, 0.05) is 12.8 Å². The molecule has 0 fully saturated rings. The van der Waals surface area contributed by atoms with Crippen LogP contribution in [0, 0.1) is 0 Å². The molecule has 0 spiro atoms. The van der Waals surface area contributed by atoms with E-state index < -0.39 is 6.10 Å². The van der Waals surface area contributed by atoms with Crippen molar-refractivity contribution in [3.8, 4) is 0 Å². The summed E-state index contributed by atoms with van der Waals surface area (Å²) < 4.78 is 10.7. The van der Waals surface area contributed by atoms with E-state index in [1.165, 1.54) is 250 Å². The second-order valence-electron chi connectivity index (χ2n) is 19.7. The lowest BCUT2D eigenvalue weighted by molar-refractivity contribution is -0.161. The molecule has 0 saturated heterocycles. The molecule has 1 atom stereocenters. The Labute approximate surface area is 400 Å². The molecule has 0 saturated carbocycles. The quantitative estimate of drug-likeness (QED) is 0.0374. The van der Waals surface area contributed by atoms with E-state index in [0.29, 0.717) is 12.8 Å². The molecule has 0 aliphatic carbocycles. The smallest absolute Gasteiger partial charge is 0.306 e. The molecule has 0 rings (SSSR count). The summed E-state index contributed by atoms with van der Waals surface area (Å²) in [4.78, 5) is 24.5. The van der Waals surface area contributed by atoms with Crippen molar-refractivity contribution in [1.29, 1.82) is 0 Å². The highest BCUT2D eigenvalue weighted by atomic mass is 16.6. The van der Waals surface area contributed by atoms with E-state index in [1.807, 2.05) is 0 Å². The van der Waals surface area contributed by atoms with Gasteiger partial charge < -0.3 is 14.6 Å². The van der Waals surface area contributed by atoms with Crippen molar-refractivity contribution in [2.75, 3.05) is 13.2 Å². The van der Waals surface area contributed by atoms with E-state index in [0.717, 1.165) is 44.9 Å². The van der Waals surface area contributed by atoms with Crippen LogP contribution in [-0.4, -0.2) is 36.4 Å². The van der Waals surface area contributed by atoms with Crippen molar-refractivity contribution >= 4 is 11.9 Å². The fourth-order valence-electron chi connectivity index (χ4n) is 8.88. The number of aliphatic hydroxyl groups is 1. The van der Waals surface area contributed by atoms with Gasteiger partial charge in [0.25, 0.3) is 0 Å². The minimum Gasteiger partial charge on any atom is -0.462 e. The van der Waals surface area contributed by atoms with Gasteiger partial charge in [0.05, 0.1) is 6.61 Å². The van der Waals surface area contributed by atoms with Crippen LogP contribution >= 0.6 is 0 Å². The molecular formula is C59H112O5. The molecule has 5 heteroatoms. The monoisotopic (exact) mass is 901 g/mol. The Bertz CT molecular complexity index is 974. The Hall–Kier alpha value is -1.62. The van der Waals surface area contributed by atoms with Gasteiger partial charge in [0.15, 0.2) is 6.10 Å². The first kappa shape index (κ1) is 62.4. The van der Waals surface area contributed by atoms with Crippen molar-refractivity contribution < 1.29 is 24.2 Å². The van der Waals surface area contributed by atoms with E-state index >= 15 is 0 Å². The molecule has 5 nitrogen and oxygen atoms in total. The largest absolute Gasteiger partial charge is 0.462 e. The second-order valence-corrected chi connectivity index (χ2v) is 19.7. The number of hydrogen-bond acceptors (Lipinski definition) is 5. The Balaban J connectivity index is 3.38. The van der Waals surface area contributed by atoms with E-state index in [1.54, 1.807) is 0 Å². The molecule has 0 heterocycles. The first-order chi connectivity index (χ1) is 31.6. The van der Waals surface area contributed by atoms with Gasteiger partial charge in [-0.05, 0) is 44.9 Å². The van der Waals surface area contributed by atoms with Crippen LogP contribution in [0.5, 0.6) is 0 Å². The lowest BCUT2D eigenvalue weighted by Crippen LogP contribution is -2.28. The molecular weight excluding hydrogens is 789 g/mol. The van der Waals surface area contributed by atoms with Crippen molar-refractivity contribution in [3.05, 3.63) is 24.3 Å².